The summed E-state index contributed by atoms with van der Waals surface area (Å²) in [6, 6.07) is 9.53. The number of benzene rings is 1. The molecule has 4 fully saturated rings. The molecule has 200 valence electrons. The van der Waals surface area contributed by atoms with Crippen LogP contribution in [0.4, 0.5) is 11.6 Å². The highest BCUT2D eigenvalue weighted by atomic mass is 35.5. The number of rotatable bonds is 7. The molecule has 0 radical (unpaired) electrons. The standard InChI is InChI=1S/C27H30Cl2N6O3/c1-16-7-22(31-33(16)14-18-3-5-21(28)6-4-18)30-23(36)13-26-9-19-8-20(10-26)12-27(11-19,15-26)34-17(2)24(29)25(32-34)35(37)38/h3-7,19-20H,8-15H2,1-2H3,(H,30,31,36). The van der Waals surface area contributed by atoms with Crippen LogP contribution < -0.4 is 5.32 Å². The van der Waals surface area contributed by atoms with Gasteiger partial charge in [0.1, 0.15) is 0 Å². The van der Waals surface area contributed by atoms with Gasteiger partial charge in [-0.25, -0.2) is 0 Å². The van der Waals surface area contributed by atoms with Crippen LogP contribution in [0.1, 0.15) is 61.9 Å². The Labute approximate surface area is 230 Å². The zero-order chi connectivity index (χ0) is 26.8. The second-order valence-corrected chi connectivity index (χ2v) is 12.6. The molecule has 2 atom stereocenters. The van der Waals surface area contributed by atoms with Crippen molar-refractivity contribution in [1.82, 2.24) is 19.6 Å². The van der Waals surface area contributed by atoms with Gasteiger partial charge in [-0.1, -0.05) is 35.3 Å². The van der Waals surface area contributed by atoms with Crippen molar-refractivity contribution < 1.29 is 9.72 Å². The van der Waals surface area contributed by atoms with Crippen LogP contribution in [-0.4, -0.2) is 30.4 Å². The summed E-state index contributed by atoms with van der Waals surface area (Å²) >= 11 is 12.3. The predicted molar refractivity (Wildman–Crippen MR) is 144 cm³/mol. The Morgan fingerprint density at radius 2 is 1.82 bits per heavy atom. The van der Waals surface area contributed by atoms with Gasteiger partial charge in [-0.05, 0) is 92.2 Å². The van der Waals surface area contributed by atoms with E-state index < -0.39 is 4.92 Å². The molecule has 4 aliphatic carbocycles. The number of hydrogen-bond acceptors (Lipinski definition) is 5. The summed E-state index contributed by atoms with van der Waals surface area (Å²) in [4.78, 5) is 24.4. The molecule has 4 aliphatic rings. The van der Waals surface area contributed by atoms with E-state index in [-0.39, 0.29) is 27.7 Å². The number of hydrogen-bond donors (Lipinski definition) is 1. The predicted octanol–water partition coefficient (Wildman–Crippen LogP) is 6.28. The molecule has 2 aromatic heterocycles. The highest BCUT2D eigenvalue weighted by Gasteiger charge is 2.60. The number of halogens is 2. The van der Waals surface area contributed by atoms with E-state index in [1.807, 2.05) is 53.5 Å². The highest BCUT2D eigenvalue weighted by molar-refractivity contribution is 6.33. The van der Waals surface area contributed by atoms with Crippen molar-refractivity contribution in [2.24, 2.45) is 17.3 Å². The van der Waals surface area contributed by atoms with Gasteiger partial charge in [0.2, 0.25) is 5.91 Å². The SMILES string of the molecule is Cc1cc(NC(=O)CC23CC4CC(C2)CC(n2nc([N+](=O)[O-])c(Cl)c2C)(C4)C3)nn1Cc1ccc(Cl)cc1. The van der Waals surface area contributed by atoms with Crippen molar-refractivity contribution in [2.75, 3.05) is 5.32 Å². The number of anilines is 1. The number of amides is 1. The normalized spacial score (nSPS) is 27.6. The minimum absolute atomic E-state index is 0.0422. The molecule has 0 spiro atoms. The summed E-state index contributed by atoms with van der Waals surface area (Å²) in [5.74, 6) is 1.18. The van der Waals surface area contributed by atoms with Crippen molar-refractivity contribution in [1.29, 1.82) is 0 Å². The molecule has 38 heavy (non-hydrogen) atoms. The van der Waals surface area contributed by atoms with Crippen molar-refractivity contribution in [3.05, 3.63) is 67.4 Å². The summed E-state index contributed by atoms with van der Waals surface area (Å²) in [5.41, 5.74) is 2.18. The monoisotopic (exact) mass is 556 g/mol. The van der Waals surface area contributed by atoms with Gasteiger partial charge in [0.05, 0.1) is 22.9 Å². The lowest BCUT2D eigenvalue weighted by Gasteiger charge is -2.61. The van der Waals surface area contributed by atoms with E-state index in [4.69, 9.17) is 23.2 Å². The number of nitro groups is 1. The zero-order valence-corrected chi connectivity index (χ0v) is 22.9. The Kier molecular flexibility index (Phi) is 6.07. The maximum absolute atomic E-state index is 13.4. The fourth-order valence-corrected chi connectivity index (χ4v) is 8.24. The van der Waals surface area contributed by atoms with E-state index in [0.29, 0.717) is 41.3 Å². The van der Waals surface area contributed by atoms with Gasteiger partial charge >= 0.3 is 5.82 Å². The van der Waals surface area contributed by atoms with Crippen LogP contribution in [0, 0.1) is 41.2 Å². The maximum atomic E-state index is 13.4. The molecule has 9 nitrogen and oxygen atoms in total. The molecule has 1 aromatic carbocycles. The Bertz CT molecular complexity index is 1420. The average Bonchev–Trinajstić information content (AvgIpc) is 3.32. The molecule has 11 heteroatoms. The Morgan fingerprint density at radius 3 is 2.45 bits per heavy atom. The Balaban J connectivity index is 1.20. The summed E-state index contributed by atoms with van der Waals surface area (Å²) in [5, 5.41) is 24.4. The lowest BCUT2D eigenvalue weighted by atomic mass is 9.46. The van der Waals surface area contributed by atoms with Gasteiger partial charge < -0.3 is 15.4 Å². The fourth-order valence-electron chi connectivity index (χ4n) is 7.93. The third-order valence-electron chi connectivity index (χ3n) is 8.83. The van der Waals surface area contributed by atoms with Crippen molar-refractivity contribution in [3.8, 4) is 0 Å². The number of aromatic nitrogens is 4. The minimum atomic E-state index is -0.510. The van der Waals surface area contributed by atoms with Gasteiger partial charge in [0.25, 0.3) is 0 Å². The van der Waals surface area contributed by atoms with Crippen LogP contribution >= 0.6 is 23.2 Å². The average molecular weight is 557 g/mol. The molecule has 1 N–H and O–H groups in total. The van der Waals surface area contributed by atoms with Crippen LogP contribution in [0.15, 0.2) is 30.3 Å². The first-order chi connectivity index (χ1) is 18.0. The second-order valence-electron chi connectivity index (χ2n) is 11.8. The van der Waals surface area contributed by atoms with Gasteiger partial charge in [0.15, 0.2) is 10.8 Å². The molecule has 3 aromatic rings. The summed E-state index contributed by atoms with van der Waals surface area (Å²) in [7, 11) is 0. The number of carbonyl (C=O) groups excluding carboxylic acids is 1. The van der Waals surface area contributed by atoms with Crippen molar-refractivity contribution in [3.63, 3.8) is 0 Å². The summed E-state index contributed by atoms with van der Waals surface area (Å²) < 4.78 is 3.70. The molecule has 1 amide bonds. The van der Waals surface area contributed by atoms with Gasteiger partial charge in [-0.3, -0.25) is 9.48 Å². The number of carbonyl (C=O) groups is 1. The summed E-state index contributed by atoms with van der Waals surface area (Å²) in [6.07, 6.45) is 6.18. The summed E-state index contributed by atoms with van der Waals surface area (Å²) in [6.45, 7) is 4.37. The fraction of sp³-hybridized carbons (Fsp3) is 0.519. The van der Waals surface area contributed by atoms with E-state index >= 15 is 0 Å². The quantitative estimate of drug-likeness (QED) is 0.272. The highest BCUT2D eigenvalue weighted by Crippen LogP contribution is 2.65. The Hall–Kier alpha value is -2.91. The number of aryl methyl sites for hydroxylation is 1. The lowest BCUT2D eigenvalue weighted by molar-refractivity contribution is -0.389. The Morgan fingerprint density at radius 1 is 1.13 bits per heavy atom. The minimum Gasteiger partial charge on any atom is -0.358 e. The van der Waals surface area contributed by atoms with Gasteiger partial charge in [-0.2, -0.15) is 9.78 Å². The zero-order valence-electron chi connectivity index (χ0n) is 21.4. The third kappa shape index (κ3) is 4.39. The van der Waals surface area contributed by atoms with Gasteiger partial charge in [-0.15, -0.1) is 0 Å². The second kappa shape index (κ2) is 9.09. The smallest absolute Gasteiger partial charge is 0.358 e. The lowest BCUT2D eigenvalue weighted by Crippen LogP contribution is -2.57. The third-order valence-corrected chi connectivity index (χ3v) is 9.52. The largest absolute Gasteiger partial charge is 0.408 e. The molecule has 4 saturated carbocycles. The first kappa shape index (κ1) is 25.4. The molecule has 0 saturated heterocycles. The molecule has 4 bridgehead atoms. The molecule has 7 rings (SSSR count). The van der Waals surface area contributed by atoms with Crippen LogP contribution in [0.2, 0.25) is 10.0 Å². The van der Waals surface area contributed by atoms with E-state index in [0.717, 1.165) is 49.8 Å². The molecule has 0 aliphatic heterocycles. The van der Waals surface area contributed by atoms with Crippen LogP contribution in [-0.2, 0) is 16.9 Å². The molecular formula is C27H30Cl2N6O3. The van der Waals surface area contributed by atoms with Crippen LogP contribution in [0.5, 0.6) is 0 Å². The molecule has 2 heterocycles. The van der Waals surface area contributed by atoms with Crippen LogP contribution in [0.25, 0.3) is 0 Å². The first-order valence-electron chi connectivity index (χ1n) is 13.0. The van der Waals surface area contributed by atoms with Crippen molar-refractivity contribution in [2.45, 2.75) is 70.9 Å². The molecule has 2 unspecified atom stereocenters. The van der Waals surface area contributed by atoms with E-state index in [1.54, 1.807) is 0 Å². The topological polar surface area (TPSA) is 108 Å². The number of nitrogens with one attached hydrogen (secondary N) is 1. The van der Waals surface area contributed by atoms with E-state index in [2.05, 4.69) is 15.5 Å². The maximum Gasteiger partial charge on any atom is 0.408 e. The van der Waals surface area contributed by atoms with E-state index in [1.165, 1.54) is 0 Å². The van der Waals surface area contributed by atoms with Gasteiger partial charge in [0, 0.05) is 23.2 Å². The van der Waals surface area contributed by atoms with Crippen LogP contribution in [0.3, 0.4) is 0 Å². The van der Waals surface area contributed by atoms with Crippen molar-refractivity contribution >= 4 is 40.7 Å². The number of nitrogens with zero attached hydrogens (tertiary/aromatic N) is 5. The first-order valence-corrected chi connectivity index (χ1v) is 13.8. The van der Waals surface area contributed by atoms with E-state index in [9.17, 15) is 14.9 Å². The molecular weight excluding hydrogens is 527 g/mol.